The third kappa shape index (κ3) is 3.13. The number of hydrogen-bond donors (Lipinski definition) is 1. The van der Waals surface area contributed by atoms with E-state index in [0.717, 1.165) is 55.8 Å². The normalized spacial score (nSPS) is 23.9. The molecule has 152 valence electrons. The largest absolute Gasteiger partial charge is 0.355 e. The minimum atomic E-state index is -0.681. The summed E-state index contributed by atoms with van der Waals surface area (Å²) < 4.78 is 0. The molecule has 1 aromatic rings. The van der Waals surface area contributed by atoms with Crippen LogP contribution in [-0.2, 0) is 4.79 Å². The molecule has 1 spiro atoms. The van der Waals surface area contributed by atoms with Crippen LogP contribution in [0.5, 0.6) is 0 Å². The van der Waals surface area contributed by atoms with E-state index in [-0.39, 0.29) is 17.6 Å². The predicted octanol–water partition coefficient (Wildman–Crippen LogP) is 0.728. The van der Waals surface area contributed by atoms with Gasteiger partial charge in [0.1, 0.15) is 11.4 Å². The molecule has 2 amide bonds. The van der Waals surface area contributed by atoms with Gasteiger partial charge in [0, 0.05) is 43.5 Å². The quantitative estimate of drug-likeness (QED) is 0.825. The van der Waals surface area contributed by atoms with Gasteiger partial charge in [0.2, 0.25) is 11.7 Å². The highest BCUT2D eigenvalue weighted by atomic mass is 16.2. The molecule has 0 radical (unpaired) electrons. The van der Waals surface area contributed by atoms with E-state index in [1.165, 1.54) is 0 Å². The van der Waals surface area contributed by atoms with E-state index in [1.807, 2.05) is 13.8 Å². The van der Waals surface area contributed by atoms with E-state index in [1.54, 1.807) is 4.90 Å². The molecule has 3 fully saturated rings. The van der Waals surface area contributed by atoms with E-state index in [2.05, 4.69) is 34.2 Å². The first-order chi connectivity index (χ1) is 13.3. The fraction of sp³-hybridized carbons (Fsp3) is 0.700. The standard InChI is InChI=1S/C20H30N6O2/c1-13-14(2)22-16(23-17(13)25-11-6-15(12-25)24(3)4)18(27)26-10-5-9-21-19(28)20(26)7-8-20/h15H,5-12H2,1-4H3,(H,21,28)/t15-/m1/s1. The number of carbonyl (C=O) groups is 2. The molecule has 3 heterocycles. The van der Waals surface area contributed by atoms with E-state index >= 15 is 0 Å². The fourth-order valence-electron chi connectivity index (χ4n) is 4.35. The zero-order valence-corrected chi connectivity index (χ0v) is 17.3. The van der Waals surface area contributed by atoms with Crippen molar-refractivity contribution in [3.63, 3.8) is 0 Å². The number of likely N-dealkylation sites (N-methyl/N-ethyl adjacent to an activating group) is 1. The summed E-state index contributed by atoms with van der Waals surface area (Å²) in [5.41, 5.74) is 1.16. The summed E-state index contributed by atoms with van der Waals surface area (Å²) in [4.78, 5) is 41.3. The Morgan fingerprint density at radius 3 is 2.61 bits per heavy atom. The minimum absolute atomic E-state index is 0.0317. The third-order valence-corrected chi connectivity index (χ3v) is 6.50. The summed E-state index contributed by atoms with van der Waals surface area (Å²) >= 11 is 0. The molecular formula is C20H30N6O2. The highest BCUT2D eigenvalue weighted by Gasteiger charge is 2.57. The second-order valence-electron chi connectivity index (χ2n) is 8.53. The molecule has 3 aliphatic rings. The van der Waals surface area contributed by atoms with Crippen molar-refractivity contribution in [3.05, 3.63) is 17.1 Å². The second kappa shape index (κ2) is 6.99. The SMILES string of the molecule is Cc1nc(C(=O)N2CCCNC(=O)C23CC3)nc(N2CC[C@@H](N(C)C)C2)c1C. The van der Waals surface area contributed by atoms with Crippen molar-refractivity contribution in [2.24, 2.45) is 0 Å². The monoisotopic (exact) mass is 386 g/mol. The zero-order valence-electron chi connectivity index (χ0n) is 17.3. The molecule has 2 aliphatic heterocycles. The van der Waals surface area contributed by atoms with Gasteiger partial charge in [-0.25, -0.2) is 9.97 Å². The number of rotatable bonds is 3. The molecule has 1 aliphatic carbocycles. The molecule has 8 heteroatoms. The first kappa shape index (κ1) is 19.1. The lowest BCUT2D eigenvalue weighted by Crippen LogP contribution is -2.50. The van der Waals surface area contributed by atoms with Crippen molar-refractivity contribution in [1.82, 2.24) is 25.1 Å². The lowest BCUT2D eigenvalue weighted by Gasteiger charge is -2.28. The maximum absolute atomic E-state index is 13.4. The van der Waals surface area contributed by atoms with Crippen molar-refractivity contribution in [2.75, 3.05) is 45.2 Å². The Kier molecular flexibility index (Phi) is 4.77. The molecule has 28 heavy (non-hydrogen) atoms. The zero-order chi connectivity index (χ0) is 20.1. The van der Waals surface area contributed by atoms with Crippen molar-refractivity contribution in [3.8, 4) is 0 Å². The van der Waals surface area contributed by atoms with Crippen LogP contribution < -0.4 is 10.2 Å². The van der Waals surface area contributed by atoms with Crippen molar-refractivity contribution >= 4 is 17.6 Å². The van der Waals surface area contributed by atoms with Gasteiger partial charge in [-0.1, -0.05) is 0 Å². The average Bonchev–Trinajstić information content (AvgIpc) is 3.35. The highest BCUT2D eigenvalue weighted by molar-refractivity contribution is 5.99. The van der Waals surface area contributed by atoms with Crippen LogP contribution in [0.25, 0.3) is 0 Å². The van der Waals surface area contributed by atoms with Gasteiger partial charge in [0.25, 0.3) is 5.91 Å². The van der Waals surface area contributed by atoms with Crippen molar-refractivity contribution in [1.29, 1.82) is 0 Å². The highest BCUT2D eigenvalue weighted by Crippen LogP contribution is 2.43. The van der Waals surface area contributed by atoms with Gasteiger partial charge in [-0.2, -0.15) is 0 Å². The molecule has 1 N–H and O–H groups in total. The summed E-state index contributed by atoms with van der Waals surface area (Å²) in [5, 5.41) is 2.94. The number of aryl methyl sites for hydroxylation is 1. The molecule has 0 unspecified atom stereocenters. The molecule has 1 saturated carbocycles. The molecule has 1 atom stereocenters. The summed E-state index contributed by atoms with van der Waals surface area (Å²) in [6, 6.07) is 0.484. The molecule has 0 aromatic carbocycles. The van der Waals surface area contributed by atoms with Gasteiger partial charge in [0.05, 0.1) is 0 Å². The summed E-state index contributed by atoms with van der Waals surface area (Å²) in [5.74, 6) is 0.815. The predicted molar refractivity (Wildman–Crippen MR) is 106 cm³/mol. The number of aromatic nitrogens is 2. The van der Waals surface area contributed by atoms with E-state index < -0.39 is 5.54 Å². The Balaban J connectivity index is 1.64. The molecule has 1 aromatic heterocycles. The van der Waals surface area contributed by atoms with Gasteiger partial charge in [-0.15, -0.1) is 0 Å². The Morgan fingerprint density at radius 2 is 1.96 bits per heavy atom. The molecular weight excluding hydrogens is 356 g/mol. The smallest absolute Gasteiger partial charge is 0.292 e. The van der Waals surface area contributed by atoms with Crippen LogP contribution in [0.15, 0.2) is 0 Å². The summed E-state index contributed by atoms with van der Waals surface area (Å²) in [6.07, 6.45) is 3.28. The van der Waals surface area contributed by atoms with Crippen LogP contribution in [0.3, 0.4) is 0 Å². The van der Waals surface area contributed by atoms with Gasteiger partial charge >= 0.3 is 0 Å². The number of nitrogens with one attached hydrogen (secondary N) is 1. The molecule has 4 rings (SSSR count). The molecule has 2 saturated heterocycles. The molecule has 0 bridgehead atoms. The van der Waals surface area contributed by atoms with Crippen molar-refractivity contribution < 1.29 is 9.59 Å². The van der Waals surface area contributed by atoms with Gasteiger partial charge in [0.15, 0.2) is 0 Å². The topological polar surface area (TPSA) is 81.7 Å². The first-order valence-corrected chi connectivity index (χ1v) is 10.2. The third-order valence-electron chi connectivity index (χ3n) is 6.50. The Bertz CT molecular complexity index is 804. The molecule has 8 nitrogen and oxygen atoms in total. The number of hydrogen-bond acceptors (Lipinski definition) is 6. The number of anilines is 1. The van der Waals surface area contributed by atoms with Crippen LogP contribution in [-0.4, -0.2) is 83.4 Å². The number of carbonyl (C=O) groups excluding carboxylic acids is 2. The number of nitrogens with zero attached hydrogens (tertiary/aromatic N) is 5. The van der Waals surface area contributed by atoms with E-state index in [0.29, 0.717) is 19.1 Å². The maximum Gasteiger partial charge on any atom is 0.292 e. The Hall–Kier alpha value is -2.22. The second-order valence-corrected chi connectivity index (χ2v) is 8.53. The summed E-state index contributed by atoms with van der Waals surface area (Å²) in [6.45, 7) is 6.94. The van der Waals surface area contributed by atoms with Crippen LogP contribution in [0.1, 0.15) is 47.6 Å². The Morgan fingerprint density at radius 1 is 1.21 bits per heavy atom. The first-order valence-electron chi connectivity index (χ1n) is 10.2. The fourth-order valence-corrected chi connectivity index (χ4v) is 4.35. The van der Waals surface area contributed by atoms with Gasteiger partial charge in [-0.3, -0.25) is 9.59 Å². The lowest BCUT2D eigenvalue weighted by atomic mass is 10.2. The average molecular weight is 387 g/mol. The van der Waals surface area contributed by atoms with Crippen LogP contribution in [0.2, 0.25) is 0 Å². The van der Waals surface area contributed by atoms with Crippen molar-refractivity contribution in [2.45, 2.75) is 51.1 Å². The van der Waals surface area contributed by atoms with Gasteiger partial charge in [-0.05, 0) is 53.6 Å². The van der Waals surface area contributed by atoms with Gasteiger partial charge < -0.3 is 20.0 Å². The number of amides is 2. The lowest BCUT2D eigenvalue weighted by molar-refractivity contribution is -0.126. The van der Waals surface area contributed by atoms with Crippen LogP contribution in [0.4, 0.5) is 5.82 Å². The maximum atomic E-state index is 13.4. The van der Waals surface area contributed by atoms with E-state index in [4.69, 9.17) is 4.98 Å². The minimum Gasteiger partial charge on any atom is -0.355 e. The Labute approximate surface area is 166 Å². The van der Waals surface area contributed by atoms with Crippen LogP contribution in [0, 0.1) is 13.8 Å². The van der Waals surface area contributed by atoms with Crippen LogP contribution >= 0.6 is 0 Å². The summed E-state index contributed by atoms with van der Waals surface area (Å²) in [7, 11) is 4.20. The van der Waals surface area contributed by atoms with E-state index in [9.17, 15) is 9.59 Å².